The predicted molar refractivity (Wildman–Crippen MR) is 127 cm³/mol. The second-order valence-corrected chi connectivity index (χ2v) is 8.82. The van der Waals surface area contributed by atoms with E-state index in [1.165, 1.54) is 0 Å². The number of carbonyl (C=O) groups is 2. The average molecular weight is 505 g/mol. The number of hydrogen-bond donors (Lipinski definition) is 2. The molecule has 1 atom stereocenters. The zero-order valence-corrected chi connectivity index (χ0v) is 19.9. The summed E-state index contributed by atoms with van der Waals surface area (Å²) in [6.45, 7) is 4.07. The molecule has 0 bridgehead atoms. The minimum Gasteiger partial charge on any atom is -0.494 e. The van der Waals surface area contributed by atoms with Crippen LogP contribution in [0.15, 0.2) is 65.0 Å². The molecule has 184 valence electrons. The molecule has 2 aromatic rings. The first-order chi connectivity index (χ1) is 16.6. The van der Waals surface area contributed by atoms with Crippen LogP contribution >= 0.6 is 11.6 Å². The molecule has 1 aliphatic carbocycles. The average Bonchev–Trinajstić information content (AvgIpc) is 2.79. The van der Waals surface area contributed by atoms with Gasteiger partial charge in [-0.1, -0.05) is 23.7 Å². The molecule has 0 spiro atoms. The molecule has 1 unspecified atom stereocenters. The Labute approximate surface area is 206 Å². The smallest absolute Gasteiger partial charge is 0.416 e. The second-order valence-electron chi connectivity index (χ2n) is 8.41. The summed E-state index contributed by atoms with van der Waals surface area (Å²) in [7, 11) is 0. The van der Waals surface area contributed by atoms with Crippen LogP contribution in [0, 0.1) is 0 Å². The molecule has 2 N–H and O–H groups in total. The number of amides is 1. The van der Waals surface area contributed by atoms with Crippen LogP contribution in [0.3, 0.4) is 0 Å². The first kappa shape index (κ1) is 24.9. The van der Waals surface area contributed by atoms with Crippen LogP contribution in [0.4, 0.5) is 18.9 Å². The summed E-state index contributed by atoms with van der Waals surface area (Å²) in [6.07, 6.45) is -2.86. The lowest BCUT2D eigenvalue weighted by atomic mass is 9.75. The topological polar surface area (TPSA) is 67.4 Å². The van der Waals surface area contributed by atoms with Gasteiger partial charge in [-0.05, 0) is 62.6 Å². The van der Waals surface area contributed by atoms with E-state index < -0.39 is 23.6 Å². The fourth-order valence-corrected chi connectivity index (χ4v) is 4.69. The van der Waals surface area contributed by atoms with Crippen molar-refractivity contribution in [2.45, 2.75) is 45.2 Å². The monoisotopic (exact) mass is 504 g/mol. The summed E-state index contributed by atoms with van der Waals surface area (Å²) in [4.78, 5) is 26.5. The molecule has 1 amide bonds. The number of allylic oxidation sites excluding steroid dienone is 3. The first-order valence-electron chi connectivity index (χ1n) is 11.2. The SMILES string of the molecule is CCOc1ccc(C2C(C(=O)Nc3cc(C(F)(F)F)ccc3Cl)=C(C)NC3=C2C(=O)CCC3)cc1. The maximum atomic E-state index is 13.5. The minimum atomic E-state index is -4.59. The number of Topliss-reactive ketones (excluding diaryl/α,β-unsaturated/α-hetero) is 1. The third kappa shape index (κ3) is 5.07. The number of anilines is 1. The molecule has 2 aliphatic rings. The van der Waals surface area contributed by atoms with Gasteiger partial charge in [-0.2, -0.15) is 13.2 Å². The highest BCUT2D eigenvalue weighted by atomic mass is 35.5. The van der Waals surface area contributed by atoms with Crippen molar-refractivity contribution < 1.29 is 27.5 Å². The summed E-state index contributed by atoms with van der Waals surface area (Å²) in [5.74, 6) is -0.733. The van der Waals surface area contributed by atoms with Gasteiger partial charge in [-0.25, -0.2) is 0 Å². The van der Waals surface area contributed by atoms with Crippen molar-refractivity contribution in [3.05, 3.63) is 81.2 Å². The van der Waals surface area contributed by atoms with Gasteiger partial charge in [0.25, 0.3) is 5.91 Å². The Morgan fingerprint density at radius 2 is 1.89 bits per heavy atom. The lowest BCUT2D eigenvalue weighted by Crippen LogP contribution is -2.35. The predicted octanol–water partition coefficient (Wildman–Crippen LogP) is 6.36. The number of carbonyl (C=O) groups excluding carboxylic acids is 2. The van der Waals surface area contributed by atoms with E-state index in [-0.39, 0.29) is 22.1 Å². The third-order valence-electron chi connectivity index (χ3n) is 6.09. The zero-order chi connectivity index (χ0) is 25.3. The zero-order valence-electron chi connectivity index (χ0n) is 19.2. The van der Waals surface area contributed by atoms with Crippen LogP contribution in [-0.4, -0.2) is 18.3 Å². The van der Waals surface area contributed by atoms with Crippen LogP contribution in [0.5, 0.6) is 5.75 Å². The number of ether oxygens (including phenoxy) is 1. The summed E-state index contributed by atoms with van der Waals surface area (Å²) in [5, 5.41) is 5.70. The Morgan fingerprint density at radius 3 is 2.54 bits per heavy atom. The molecular weight excluding hydrogens is 481 g/mol. The van der Waals surface area contributed by atoms with Crippen LogP contribution in [0.25, 0.3) is 0 Å². The van der Waals surface area contributed by atoms with Gasteiger partial charge < -0.3 is 15.4 Å². The van der Waals surface area contributed by atoms with E-state index in [0.29, 0.717) is 48.5 Å². The molecule has 5 nitrogen and oxygen atoms in total. The summed E-state index contributed by atoms with van der Waals surface area (Å²) in [6, 6.07) is 9.87. The van der Waals surface area contributed by atoms with Crippen LogP contribution in [-0.2, 0) is 15.8 Å². The van der Waals surface area contributed by atoms with E-state index in [1.807, 2.05) is 6.92 Å². The van der Waals surface area contributed by atoms with Crippen molar-refractivity contribution in [3.63, 3.8) is 0 Å². The van der Waals surface area contributed by atoms with E-state index in [2.05, 4.69) is 10.6 Å². The maximum Gasteiger partial charge on any atom is 0.416 e. The van der Waals surface area contributed by atoms with Crippen molar-refractivity contribution in [1.29, 1.82) is 0 Å². The fourth-order valence-electron chi connectivity index (χ4n) is 4.53. The summed E-state index contributed by atoms with van der Waals surface area (Å²) < 4.78 is 45.2. The number of dihydropyridines is 1. The Kier molecular flexibility index (Phi) is 6.94. The highest BCUT2D eigenvalue weighted by Crippen LogP contribution is 2.43. The number of hydrogen-bond acceptors (Lipinski definition) is 4. The van der Waals surface area contributed by atoms with Gasteiger partial charge in [0.1, 0.15) is 5.75 Å². The molecule has 0 fully saturated rings. The maximum absolute atomic E-state index is 13.5. The van der Waals surface area contributed by atoms with Crippen LogP contribution in [0.1, 0.15) is 50.2 Å². The molecule has 0 radical (unpaired) electrons. The van der Waals surface area contributed by atoms with Crippen LogP contribution < -0.4 is 15.4 Å². The van der Waals surface area contributed by atoms with Crippen molar-refractivity contribution in [1.82, 2.24) is 5.32 Å². The van der Waals surface area contributed by atoms with E-state index in [0.717, 1.165) is 23.9 Å². The van der Waals surface area contributed by atoms with Crippen molar-refractivity contribution in [3.8, 4) is 5.75 Å². The number of alkyl halides is 3. The molecule has 1 aliphatic heterocycles. The molecule has 2 aromatic carbocycles. The van der Waals surface area contributed by atoms with Gasteiger partial charge in [0.15, 0.2) is 5.78 Å². The molecule has 0 saturated heterocycles. The van der Waals surface area contributed by atoms with Crippen molar-refractivity contribution >= 4 is 29.0 Å². The number of benzene rings is 2. The highest BCUT2D eigenvalue weighted by Gasteiger charge is 2.39. The van der Waals surface area contributed by atoms with Gasteiger partial charge in [0, 0.05) is 34.9 Å². The molecule has 0 saturated carbocycles. The van der Waals surface area contributed by atoms with E-state index in [9.17, 15) is 22.8 Å². The number of ketones is 1. The van der Waals surface area contributed by atoms with E-state index in [1.54, 1.807) is 31.2 Å². The van der Waals surface area contributed by atoms with Gasteiger partial charge in [0.05, 0.1) is 22.9 Å². The van der Waals surface area contributed by atoms with E-state index in [4.69, 9.17) is 16.3 Å². The van der Waals surface area contributed by atoms with Gasteiger partial charge in [0.2, 0.25) is 0 Å². The van der Waals surface area contributed by atoms with Crippen LogP contribution in [0.2, 0.25) is 5.02 Å². The second kappa shape index (κ2) is 9.77. The molecule has 9 heteroatoms. The van der Waals surface area contributed by atoms with Gasteiger partial charge in [-0.3, -0.25) is 9.59 Å². The molecule has 0 aromatic heterocycles. The Morgan fingerprint density at radius 1 is 1.17 bits per heavy atom. The lowest BCUT2D eigenvalue weighted by molar-refractivity contribution is -0.137. The van der Waals surface area contributed by atoms with Gasteiger partial charge >= 0.3 is 6.18 Å². The third-order valence-corrected chi connectivity index (χ3v) is 6.42. The summed E-state index contributed by atoms with van der Waals surface area (Å²) >= 11 is 6.11. The molecule has 4 rings (SSSR count). The fraction of sp³-hybridized carbons (Fsp3) is 0.308. The molecular formula is C26H24ClF3N2O3. The Bertz CT molecular complexity index is 1230. The van der Waals surface area contributed by atoms with E-state index >= 15 is 0 Å². The van der Waals surface area contributed by atoms with Gasteiger partial charge in [-0.15, -0.1) is 0 Å². The largest absolute Gasteiger partial charge is 0.494 e. The normalized spacial score (nSPS) is 18.2. The lowest BCUT2D eigenvalue weighted by Gasteiger charge is -2.34. The molecule has 35 heavy (non-hydrogen) atoms. The summed E-state index contributed by atoms with van der Waals surface area (Å²) in [5.41, 5.74) is 1.66. The van der Waals surface area contributed by atoms with Crippen molar-refractivity contribution in [2.75, 3.05) is 11.9 Å². The number of halogens is 4. The highest BCUT2D eigenvalue weighted by molar-refractivity contribution is 6.34. The Hall–Kier alpha value is -3.26. The minimum absolute atomic E-state index is 0.0281. The number of nitrogens with one attached hydrogen (secondary N) is 2. The number of rotatable bonds is 5. The molecule has 1 heterocycles. The Balaban J connectivity index is 1.76. The standard InChI is InChI=1S/C26H24ClF3N2O3/c1-3-35-17-10-7-15(8-11-17)23-22(14(2)31-19-5-4-6-21(33)24(19)23)25(34)32-20-13-16(26(28,29)30)9-12-18(20)27/h7-13,23,31H,3-6H2,1-2H3,(H,32,34). The van der Waals surface area contributed by atoms with Crippen molar-refractivity contribution in [2.24, 2.45) is 0 Å². The first-order valence-corrected chi connectivity index (χ1v) is 11.6. The quantitative estimate of drug-likeness (QED) is 0.497.